The fraction of sp³-hybridized carbons (Fsp3) is 0.500. The van der Waals surface area contributed by atoms with Crippen LogP contribution >= 0.6 is 0 Å². The molecule has 8 heteroatoms. The lowest BCUT2D eigenvalue weighted by Crippen LogP contribution is -2.63. The molecule has 1 aliphatic heterocycles. The summed E-state index contributed by atoms with van der Waals surface area (Å²) in [4.78, 5) is 25.6. The van der Waals surface area contributed by atoms with Gasteiger partial charge in [-0.25, -0.2) is 4.79 Å². The molecule has 24 heavy (non-hydrogen) atoms. The molecule has 2 rings (SSSR count). The van der Waals surface area contributed by atoms with Crippen LogP contribution in [0.5, 0.6) is 0 Å². The second kappa shape index (κ2) is 6.58. The number of aliphatic hydroxyl groups is 3. The van der Waals surface area contributed by atoms with E-state index in [1.807, 2.05) is 0 Å². The van der Waals surface area contributed by atoms with E-state index in [0.29, 0.717) is 0 Å². The minimum absolute atomic E-state index is 0.0809. The molecular weight excluding hydrogens is 318 g/mol. The van der Waals surface area contributed by atoms with E-state index in [1.165, 1.54) is 12.1 Å². The summed E-state index contributed by atoms with van der Waals surface area (Å²) in [5, 5.41) is 29.5. The van der Waals surface area contributed by atoms with Crippen molar-refractivity contribution in [1.82, 2.24) is 0 Å². The average Bonchev–Trinajstić information content (AvgIpc) is 2.91. The van der Waals surface area contributed by atoms with Crippen molar-refractivity contribution in [3.8, 4) is 0 Å². The van der Waals surface area contributed by atoms with Crippen LogP contribution in [0.1, 0.15) is 13.8 Å². The molecule has 132 valence electrons. The molecule has 1 heterocycles. The van der Waals surface area contributed by atoms with Crippen molar-refractivity contribution >= 4 is 11.8 Å². The molecule has 1 aliphatic rings. The molecule has 0 spiro atoms. The van der Waals surface area contributed by atoms with Gasteiger partial charge in [0.15, 0.2) is 5.60 Å². The maximum atomic E-state index is 13.2. The number of rotatable bonds is 5. The molecule has 5 atom stereocenters. The summed E-state index contributed by atoms with van der Waals surface area (Å²) < 4.78 is 17.7. The minimum Gasteiger partial charge on any atom is -0.467 e. The first kappa shape index (κ1) is 17.0. The normalized spacial score (nSPS) is 32.7. The highest BCUT2D eigenvalue weighted by Gasteiger charge is 2.62. The van der Waals surface area contributed by atoms with E-state index in [1.54, 1.807) is 18.2 Å². The van der Waals surface area contributed by atoms with Crippen LogP contribution in [0, 0.1) is 0 Å². The molecular formula is C16H21NO7. The van der Waals surface area contributed by atoms with Gasteiger partial charge in [0.05, 0.1) is 13.7 Å². The third kappa shape index (κ3) is 2.62. The standard InChI is InChI=1S/C16H21NO7/c1-15(12(20)11(19)10(8-18)24-15)13(21)16(17,14(22)23-2)9-6-4-3-5-7-9/h3-7,10-12,18-20H,8,17H2,1-2H3/t10-,11-,12-,15?,16?/m1/s1/i1D. The number of methoxy groups -OCH3 is 1. The Morgan fingerprint density at radius 2 is 2.04 bits per heavy atom. The largest absolute Gasteiger partial charge is 0.467 e. The summed E-state index contributed by atoms with van der Waals surface area (Å²) in [5.41, 5.74) is 1.55. The SMILES string of the molecule is [2H]CC1(C(=O)C(N)(C(=O)OC)c2ccccc2)O[C@H](CO)[C@@H](O)[C@H]1O. The summed E-state index contributed by atoms with van der Waals surface area (Å²) >= 11 is 0. The van der Waals surface area contributed by atoms with Gasteiger partial charge in [-0.15, -0.1) is 0 Å². The number of carbonyl (C=O) groups excluding carboxylic acids is 2. The number of ether oxygens (including phenoxy) is 2. The number of carbonyl (C=O) groups is 2. The predicted molar refractivity (Wildman–Crippen MR) is 81.7 cm³/mol. The molecule has 0 bridgehead atoms. The molecule has 1 aromatic rings. The zero-order valence-corrected chi connectivity index (χ0v) is 13.1. The van der Waals surface area contributed by atoms with Crippen LogP contribution in [0.3, 0.4) is 0 Å². The topological polar surface area (TPSA) is 139 Å². The van der Waals surface area contributed by atoms with Gasteiger partial charge < -0.3 is 30.5 Å². The number of ketones is 1. The monoisotopic (exact) mass is 340 g/mol. The molecule has 1 saturated heterocycles. The number of Topliss-reactive ketones (excluding diaryl/α,β-unsaturated/α-hetero) is 1. The van der Waals surface area contributed by atoms with E-state index < -0.39 is 54.7 Å². The van der Waals surface area contributed by atoms with Gasteiger partial charge in [-0.3, -0.25) is 4.79 Å². The first-order chi connectivity index (χ1) is 11.8. The maximum Gasteiger partial charge on any atom is 0.338 e. The smallest absolute Gasteiger partial charge is 0.338 e. The zero-order chi connectivity index (χ0) is 18.8. The second-order valence-corrected chi connectivity index (χ2v) is 5.66. The van der Waals surface area contributed by atoms with Gasteiger partial charge in [0.2, 0.25) is 11.3 Å². The van der Waals surface area contributed by atoms with Crippen molar-refractivity contribution in [3.63, 3.8) is 0 Å². The Labute approximate surface area is 140 Å². The molecule has 5 N–H and O–H groups in total. The van der Waals surface area contributed by atoms with Crippen molar-refractivity contribution in [2.75, 3.05) is 13.7 Å². The third-order valence-corrected chi connectivity index (χ3v) is 4.20. The lowest BCUT2D eigenvalue weighted by Gasteiger charge is -2.35. The Balaban J connectivity index is 2.58. The van der Waals surface area contributed by atoms with Crippen molar-refractivity contribution in [2.45, 2.75) is 36.4 Å². The highest BCUT2D eigenvalue weighted by Crippen LogP contribution is 2.37. The van der Waals surface area contributed by atoms with Crippen LogP contribution in [-0.4, -0.2) is 64.7 Å². The van der Waals surface area contributed by atoms with E-state index >= 15 is 0 Å². The van der Waals surface area contributed by atoms with Crippen LogP contribution in [-0.2, 0) is 24.6 Å². The molecule has 0 aliphatic carbocycles. The van der Waals surface area contributed by atoms with Crippen molar-refractivity contribution in [3.05, 3.63) is 35.9 Å². The molecule has 2 unspecified atom stereocenters. The maximum absolute atomic E-state index is 13.2. The van der Waals surface area contributed by atoms with Crippen molar-refractivity contribution in [1.29, 1.82) is 0 Å². The quantitative estimate of drug-likeness (QED) is 0.373. The number of esters is 1. The molecule has 0 saturated carbocycles. The van der Waals surface area contributed by atoms with E-state index in [9.17, 15) is 24.9 Å². The van der Waals surface area contributed by atoms with Gasteiger partial charge in [-0.05, 0) is 12.5 Å². The summed E-state index contributed by atoms with van der Waals surface area (Å²) in [6, 6.07) is 7.61. The molecule has 1 fully saturated rings. The Morgan fingerprint density at radius 1 is 1.42 bits per heavy atom. The molecule has 8 nitrogen and oxygen atoms in total. The second-order valence-electron chi connectivity index (χ2n) is 5.66. The van der Waals surface area contributed by atoms with E-state index in [0.717, 1.165) is 7.11 Å². The fourth-order valence-electron chi connectivity index (χ4n) is 2.76. The van der Waals surface area contributed by atoms with E-state index in [4.69, 9.17) is 11.8 Å². The summed E-state index contributed by atoms with van der Waals surface area (Å²) in [5.74, 6) is -2.23. The van der Waals surface area contributed by atoms with Crippen LogP contribution in [0.2, 0.25) is 0 Å². The van der Waals surface area contributed by atoms with Crippen molar-refractivity contribution in [2.24, 2.45) is 5.73 Å². The van der Waals surface area contributed by atoms with Crippen molar-refractivity contribution < 1.29 is 35.8 Å². The number of aliphatic hydroxyl groups excluding tert-OH is 3. The van der Waals surface area contributed by atoms with E-state index in [-0.39, 0.29) is 5.56 Å². The van der Waals surface area contributed by atoms with Crippen LogP contribution in [0.25, 0.3) is 0 Å². The fourth-order valence-corrected chi connectivity index (χ4v) is 2.76. The van der Waals surface area contributed by atoms with Crippen LogP contribution in [0.15, 0.2) is 30.3 Å². The Kier molecular flexibility index (Phi) is 4.66. The minimum atomic E-state index is -2.36. The Bertz CT molecular complexity index is 643. The average molecular weight is 340 g/mol. The highest BCUT2D eigenvalue weighted by molar-refractivity contribution is 6.12. The van der Waals surface area contributed by atoms with Gasteiger partial charge in [0.1, 0.15) is 18.3 Å². The number of hydrogen-bond donors (Lipinski definition) is 4. The molecule has 0 aromatic heterocycles. The third-order valence-electron chi connectivity index (χ3n) is 4.20. The number of benzene rings is 1. The summed E-state index contributed by atoms with van der Waals surface area (Å²) in [6.45, 7) is -1.50. The zero-order valence-electron chi connectivity index (χ0n) is 14.1. The lowest BCUT2D eigenvalue weighted by atomic mass is 9.76. The molecule has 1 aromatic carbocycles. The van der Waals surface area contributed by atoms with Crippen LogP contribution in [0.4, 0.5) is 0 Å². The van der Waals surface area contributed by atoms with Gasteiger partial charge in [-0.2, -0.15) is 0 Å². The predicted octanol–water partition coefficient (Wildman–Crippen LogP) is -1.55. The number of nitrogens with two attached hydrogens (primary N) is 1. The Hall–Kier alpha value is -1.84. The highest BCUT2D eigenvalue weighted by atomic mass is 16.6. The van der Waals surface area contributed by atoms with Gasteiger partial charge >= 0.3 is 5.97 Å². The summed E-state index contributed by atoms with van der Waals surface area (Å²) in [6.07, 6.45) is -4.75. The van der Waals surface area contributed by atoms with Gasteiger partial charge in [0.25, 0.3) is 0 Å². The first-order valence-electron chi connectivity index (χ1n) is 7.92. The van der Waals surface area contributed by atoms with E-state index in [2.05, 4.69) is 4.74 Å². The Morgan fingerprint density at radius 3 is 2.50 bits per heavy atom. The van der Waals surface area contributed by atoms with Gasteiger partial charge in [-0.1, -0.05) is 30.3 Å². The first-order valence-corrected chi connectivity index (χ1v) is 7.21. The molecule has 0 radical (unpaired) electrons. The molecule has 0 amide bonds. The lowest BCUT2D eigenvalue weighted by molar-refractivity contribution is -0.166. The van der Waals surface area contributed by atoms with Gasteiger partial charge in [0, 0.05) is 1.37 Å². The number of hydrogen-bond acceptors (Lipinski definition) is 8. The summed E-state index contributed by atoms with van der Waals surface area (Å²) in [7, 11) is 1.05. The van der Waals surface area contributed by atoms with Crippen LogP contribution < -0.4 is 5.73 Å².